The molecule has 5 heteroatoms. The van der Waals surface area contributed by atoms with Crippen molar-refractivity contribution in [2.45, 2.75) is 82.8 Å². The van der Waals surface area contributed by atoms with Crippen LogP contribution in [-0.2, 0) is 14.3 Å². The second-order valence-electron chi connectivity index (χ2n) is 8.83. The normalized spacial score (nSPS) is 35.9. The molecule has 3 aliphatic rings. The Morgan fingerprint density at radius 3 is 2.59 bits per heavy atom. The Morgan fingerprint density at radius 1 is 1.24 bits per heavy atom. The lowest BCUT2D eigenvalue weighted by molar-refractivity contribution is -0.166. The van der Waals surface area contributed by atoms with Crippen molar-refractivity contribution in [3.05, 3.63) is 11.6 Å². The smallest absolute Gasteiger partial charge is 0.303 e. The Morgan fingerprint density at radius 2 is 1.97 bits per heavy atom. The molecule has 160 valence electrons. The number of aliphatic hydroxyl groups excluding tert-OH is 1. The van der Waals surface area contributed by atoms with Crippen molar-refractivity contribution in [2.24, 2.45) is 23.7 Å². The zero-order valence-electron chi connectivity index (χ0n) is 17.7. The topological polar surface area (TPSA) is 83.8 Å². The highest BCUT2D eigenvalue weighted by Crippen LogP contribution is 2.61. The molecule has 0 radical (unpaired) electrons. The van der Waals surface area contributed by atoms with Crippen molar-refractivity contribution < 1.29 is 24.5 Å². The predicted molar refractivity (Wildman–Crippen MR) is 110 cm³/mol. The highest BCUT2D eigenvalue weighted by Gasteiger charge is 2.63. The molecule has 0 aromatic carbocycles. The van der Waals surface area contributed by atoms with Gasteiger partial charge in [0.05, 0.1) is 17.6 Å². The number of ether oxygens (including phenoxy) is 1. The number of aliphatic hydroxyl groups is 1. The van der Waals surface area contributed by atoms with Crippen molar-refractivity contribution >= 4 is 11.8 Å². The number of ketones is 1. The molecule has 5 unspecified atom stereocenters. The summed E-state index contributed by atoms with van der Waals surface area (Å²) in [4.78, 5) is 23.5. The summed E-state index contributed by atoms with van der Waals surface area (Å²) in [6.07, 6.45) is 9.49. The summed E-state index contributed by atoms with van der Waals surface area (Å²) in [5.74, 6) is 5.31. The fourth-order valence-electron chi connectivity index (χ4n) is 5.87. The van der Waals surface area contributed by atoms with Crippen molar-refractivity contribution in [3.8, 4) is 11.8 Å². The van der Waals surface area contributed by atoms with E-state index in [0.717, 1.165) is 37.7 Å². The monoisotopic (exact) mass is 402 g/mol. The quantitative estimate of drug-likeness (QED) is 0.402. The second kappa shape index (κ2) is 9.45. The minimum Gasteiger partial charge on any atom is -0.481 e. The van der Waals surface area contributed by atoms with E-state index in [9.17, 15) is 14.7 Å². The third-order valence-corrected chi connectivity index (χ3v) is 7.34. The molecule has 0 aliphatic heterocycles. The van der Waals surface area contributed by atoms with Crippen molar-refractivity contribution in [3.63, 3.8) is 0 Å². The summed E-state index contributed by atoms with van der Waals surface area (Å²) in [6.45, 7) is 2.11. The number of methoxy groups -OCH3 is 1. The summed E-state index contributed by atoms with van der Waals surface area (Å²) in [5.41, 5.74) is 0.678. The Hall–Kier alpha value is -1.64. The third kappa shape index (κ3) is 4.29. The van der Waals surface area contributed by atoms with E-state index in [1.54, 1.807) is 7.11 Å². The molecule has 0 aromatic heterocycles. The van der Waals surface area contributed by atoms with Crippen LogP contribution in [0.5, 0.6) is 0 Å². The van der Waals surface area contributed by atoms with Crippen LogP contribution in [0.25, 0.3) is 0 Å². The molecule has 0 bridgehead atoms. The van der Waals surface area contributed by atoms with Crippen LogP contribution >= 0.6 is 0 Å². The van der Waals surface area contributed by atoms with E-state index in [2.05, 4.69) is 18.8 Å². The van der Waals surface area contributed by atoms with Crippen LogP contribution in [-0.4, -0.2) is 40.8 Å². The molecule has 0 aromatic rings. The third-order valence-electron chi connectivity index (χ3n) is 7.34. The molecular formula is C24H34O5. The van der Waals surface area contributed by atoms with E-state index in [4.69, 9.17) is 9.84 Å². The first-order valence-corrected chi connectivity index (χ1v) is 11.2. The number of carboxylic acids is 1. The molecule has 3 rings (SSSR count). The van der Waals surface area contributed by atoms with Crippen LogP contribution in [0.15, 0.2) is 11.6 Å². The molecule has 5 atom stereocenters. The summed E-state index contributed by atoms with van der Waals surface area (Å²) >= 11 is 0. The fraction of sp³-hybridized carbons (Fsp3) is 0.750. The van der Waals surface area contributed by atoms with E-state index in [1.807, 2.05) is 6.08 Å². The van der Waals surface area contributed by atoms with Crippen LogP contribution in [0.3, 0.4) is 0 Å². The van der Waals surface area contributed by atoms with Crippen LogP contribution in [0.1, 0.15) is 71.1 Å². The average molecular weight is 403 g/mol. The Bertz CT molecular complexity index is 709. The van der Waals surface area contributed by atoms with Gasteiger partial charge in [-0.25, -0.2) is 0 Å². The van der Waals surface area contributed by atoms with Gasteiger partial charge in [-0.15, -0.1) is 0 Å². The first-order valence-electron chi connectivity index (χ1n) is 11.2. The van der Waals surface area contributed by atoms with Gasteiger partial charge in [0, 0.05) is 25.4 Å². The van der Waals surface area contributed by atoms with Crippen molar-refractivity contribution in [1.29, 1.82) is 0 Å². The summed E-state index contributed by atoms with van der Waals surface area (Å²) in [5, 5.41) is 19.7. The summed E-state index contributed by atoms with van der Waals surface area (Å²) in [7, 11) is 1.69. The standard InChI is InChI=1S/C24H34O5/c1-3-17-19(10-7-11-22(27)28)24(29-2)15-14-21(26)18(23(17)24)12-13-20(25)16-8-5-4-6-9-16/h10,16-18,21,23,26H,3-9,11,14-15H2,1-2H3,(H,27,28). The lowest BCUT2D eigenvalue weighted by Crippen LogP contribution is -2.64. The van der Waals surface area contributed by atoms with Crippen molar-refractivity contribution in [2.75, 3.05) is 7.11 Å². The number of aliphatic carboxylic acids is 1. The predicted octanol–water partition coefficient (Wildman–Crippen LogP) is 3.74. The maximum Gasteiger partial charge on any atom is 0.303 e. The number of hydrogen-bond donors (Lipinski definition) is 2. The van der Waals surface area contributed by atoms with Gasteiger partial charge in [-0.2, -0.15) is 0 Å². The van der Waals surface area contributed by atoms with Crippen LogP contribution in [0.2, 0.25) is 0 Å². The van der Waals surface area contributed by atoms with E-state index >= 15 is 0 Å². The number of carbonyl (C=O) groups is 2. The molecule has 3 fully saturated rings. The Balaban J connectivity index is 1.81. The molecule has 0 heterocycles. The largest absolute Gasteiger partial charge is 0.481 e. The van der Waals surface area contributed by atoms with Gasteiger partial charge in [0.2, 0.25) is 5.78 Å². The number of hydrogen-bond acceptors (Lipinski definition) is 4. The van der Waals surface area contributed by atoms with Gasteiger partial charge >= 0.3 is 5.97 Å². The van der Waals surface area contributed by atoms with Crippen molar-refractivity contribution in [1.82, 2.24) is 0 Å². The highest BCUT2D eigenvalue weighted by atomic mass is 16.5. The molecule has 3 aliphatic carbocycles. The number of carbonyl (C=O) groups excluding carboxylic acids is 1. The lowest BCUT2D eigenvalue weighted by Gasteiger charge is -2.62. The number of fused-ring (bicyclic) bond motifs is 1. The van der Waals surface area contributed by atoms with Gasteiger partial charge in [0.25, 0.3) is 0 Å². The minimum atomic E-state index is -0.804. The second-order valence-corrected chi connectivity index (χ2v) is 8.83. The van der Waals surface area contributed by atoms with Crippen LogP contribution in [0, 0.1) is 35.5 Å². The lowest BCUT2D eigenvalue weighted by atomic mass is 9.47. The average Bonchev–Trinajstić information content (AvgIpc) is 2.72. The first-order chi connectivity index (χ1) is 13.9. The molecule has 0 amide bonds. The Labute approximate surface area is 173 Å². The number of allylic oxidation sites excluding steroid dienone is 1. The number of carboxylic acid groups (broad SMARTS) is 1. The van der Waals surface area contributed by atoms with Gasteiger partial charge in [0.1, 0.15) is 0 Å². The van der Waals surface area contributed by atoms with Gasteiger partial charge < -0.3 is 14.9 Å². The fourth-order valence-corrected chi connectivity index (χ4v) is 5.87. The maximum absolute atomic E-state index is 12.6. The van der Waals surface area contributed by atoms with E-state index in [1.165, 1.54) is 6.42 Å². The SMILES string of the molecule is CCC1C(=CCCC(=O)O)C2(OC)CCC(O)C(C#CC(=O)C3CCCCC3)C12. The number of Topliss-reactive ketones (excluding diaryl/α,β-unsaturated/α-hetero) is 1. The van der Waals surface area contributed by atoms with Gasteiger partial charge in [-0.3, -0.25) is 9.59 Å². The van der Waals surface area contributed by atoms with E-state index in [0.29, 0.717) is 19.3 Å². The molecule has 0 spiro atoms. The minimum absolute atomic E-state index is 0.0232. The van der Waals surface area contributed by atoms with E-state index in [-0.39, 0.29) is 35.9 Å². The molecule has 5 nitrogen and oxygen atoms in total. The molecule has 29 heavy (non-hydrogen) atoms. The van der Waals surface area contributed by atoms with E-state index < -0.39 is 17.7 Å². The maximum atomic E-state index is 12.6. The zero-order valence-corrected chi connectivity index (χ0v) is 17.7. The summed E-state index contributed by atoms with van der Waals surface area (Å²) in [6, 6.07) is 0. The zero-order chi connectivity index (χ0) is 21.0. The first kappa shape index (κ1) is 22.1. The molecule has 3 saturated carbocycles. The number of rotatable bonds is 6. The van der Waals surface area contributed by atoms with Gasteiger partial charge in [-0.05, 0) is 55.9 Å². The Kier molecular flexibility index (Phi) is 7.19. The molecule has 2 N–H and O–H groups in total. The molecule has 0 saturated heterocycles. The van der Waals surface area contributed by atoms with Gasteiger partial charge in [0.15, 0.2) is 0 Å². The van der Waals surface area contributed by atoms with Gasteiger partial charge in [-0.1, -0.05) is 38.2 Å². The molecular weight excluding hydrogens is 368 g/mol. The van der Waals surface area contributed by atoms with Crippen LogP contribution in [0.4, 0.5) is 0 Å². The van der Waals surface area contributed by atoms with Crippen LogP contribution < -0.4 is 0 Å². The highest BCUT2D eigenvalue weighted by molar-refractivity contribution is 5.97. The summed E-state index contributed by atoms with van der Waals surface area (Å²) < 4.78 is 6.00.